The summed E-state index contributed by atoms with van der Waals surface area (Å²) in [7, 11) is 0. The first-order valence-corrected chi connectivity index (χ1v) is 7.06. The van der Waals surface area contributed by atoms with E-state index in [9.17, 15) is 9.90 Å². The zero-order chi connectivity index (χ0) is 13.7. The number of hydrogen-bond donors (Lipinski definition) is 1. The molecule has 0 bridgehead atoms. The van der Waals surface area contributed by atoms with E-state index in [0.717, 1.165) is 5.01 Å². The third kappa shape index (κ3) is 2.10. The van der Waals surface area contributed by atoms with Gasteiger partial charge in [0, 0.05) is 11.0 Å². The Hall–Kier alpha value is -0.790. The standard InChI is InChI=1S/C11H14BrN3O2S/c1-5-6(12)8(17)15(7(5)16)10-14-13-9(18-10)11(2,3)4/h8,17H,1-4H3. The smallest absolute Gasteiger partial charge is 0.259 e. The number of hydrogen-bond acceptors (Lipinski definition) is 5. The minimum Gasteiger partial charge on any atom is -0.368 e. The minimum atomic E-state index is -1.00. The van der Waals surface area contributed by atoms with Crippen LogP contribution in [0.25, 0.3) is 0 Å². The van der Waals surface area contributed by atoms with Gasteiger partial charge in [0.1, 0.15) is 5.01 Å². The molecule has 0 spiro atoms. The van der Waals surface area contributed by atoms with Crippen LogP contribution in [-0.4, -0.2) is 27.4 Å². The monoisotopic (exact) mass is 331 g/mol. The maximum atomic E-state index is 12.0. The number of carbonyl (C=O) groups is 1. The molecule has 0 aliphatic carbocycles. The molecule has 1 unspecified atom stereocenters. The summed E-state index contributed by atoms with van der Waals surface area (Å²) in [4.78, 5) is 13.3. The van der Waals surface area contributed by atoms with Crippen LogP contribution in [0.1, 0.15) is 32.7 Å². The Labute approximate surface area is 118 Å². The van der Waals surface area contributed by atoms with Crippen molar-refractivity contribution in [2.24, 2.45) is 0 Å². The van der Waals surface area contributed by atoms with Crippen LogP contribution in [0.15, 0.2) is 10.1 Å². The molecule has 5 nitrogen and oxygen atoms in total. The quantitative estimate of drug-likeness (QED) is 0.856. The number of aromatic nitrogens is 2. The van der Waals surface area contributed by atoms with Gasteiger partial charge in [-0.05, 0) is 6.92 Å². The highest BCUT2D eigenvalue weighted by molar-refractivity contribution is 9.11. The van der Waals surface area contributed by atoms with Gasteiger partial charge in [0.2, 0.25) is 5.13 Å². The van der Waals surface area contributed by atoms with Crippen LogP contribution >= 0.6 is 27.3 Å². The molecule has 0 radical (unpaired) electrons. The van der Waals surface area contributed by atoms with Crippen molar-refractivity contribution < 1.29 is 9.90 Å². The first kappa shape index (κ1) is 13.6. The zero-order valence-corrected chi connectivity index (χ0v) is 13.0. The van der Waals surface area contributed by atoms with Crippen molar-refractivity contribution in [3.63, 3.8) is 0 Å². The molecule has 1 aliphatic heterocycles. The molecule has 1 atom stereocenters. The minimum absolute atomic E-state index is 0.122. The SMILES string of the molecule is CC1=C(Br)C(O)N(c2nnc(C(C)(C)C)s2)C1=O. The summed E-state index contributed by atoms with van der Waals surface area (Å²) in [5.41, 5.74) is 0.374. The lowest BCUT2D eigenvalue weighted by Crippen LogP contribution is -2.34. The average Bonchev–Trinajstić information content (AvgIpc) is 2.81. The molecule has 2 heterocycles. The molecule has 1 aliphatic rings. The summed E-state index contributed by atoms with van der Waals surface area (Å²) in [6, 6.07) is 0. The van der Waals surface area contributed by atoms with E-state index in [1.165, 1.54) is 16.2 Å². The van der Waals surface area contributed by atoms with E-state index in [-0.39, 0.29) is 11.3 Å². The van der Waals surface area contributed by atoms with Crippen molar-refractivity contribution in [1.82, 2.24) is 10.2 Å². The molecule has 0 aromatic carbocycles. The third-order valence-corrected chi connectivity index (χ3v) is 4.98. The number of anilines is 1. The molecule has 1 aromatic rings. The molecule has 18 heavy (non-hydrogen) atoms. The highest BCUT2D eigenvalue weighted by atomic mass is 79.9. The summed E-state index contributed by atoms with van der Waals surface area (Å²) < 4.78 is 0.486. The van der Waals surface area contributed by atoms with Crippen molar-refractivity contribution in [1.29, 1.82) is 0 Å². The summed E-state index contributed by atoms with van der Waals surface area (Å²) in [5, 5.41) is 19.3. The fourth-order valence-corrected chi connectivity index (χ4v) is 2.81. The highest BCUT2D eigenvalue weighted by Crippen LogP contribution is 2.36. The van der Waals surface area contributed by atoms with Gasteiger partial charge in [-0.3, -0.25) is 9.69 Å². The second-order valence-corrected chi connectivity index (χ2v) is 6.97. The van der Waals surface area contributed by atoms with E-state index < -0.39 is 6.23 Å². The molecule has 0 saturated heterocycles. The Morgan fingerprint density at radius 1 is 1.39 bits per heavy atom. The summed E-state index contributed by atoms with van der Waals surface area (Å²) in [5.74, 6) is -0.244. The van der Waals surface area contributed by atoms with Crippen LogP contribution < -0.4 is 4.90 Å². The van der Waals surface area contributed by atoms with E-state index in [4.69, 9.17) is 0 Å². The van der Waals surface area contributed by atoms with Gasteiger partial charge in [0.05, 0.1) is 4.48 Å². The highest BCUT2D eigenvalue weighted by Gasteiger charge is 2.38. The molecule has 1 amide bonds. The van der Waals surface area contributed by atoms with Gasteiger partial charge in [-0.1, -0.05) is 48.0 Å². The fourth-order valence-electron chi connectivity index (χ4n) is 1.51. The number of amides is 1. The number of nitrogens with zero attached hydrogens (tertiary/aromatic N) is 3. The van der Waals surface area contributed by atoms with Gasteiger partial charge in [-0.25, -0.2) is 0 Å². The molecular formula is C11H14BrN3O2S. The molecule has 7 heteroatoms. The fraction of sp³-hybridized carbons (Fsp3) is 0.545. The van der Waals surface area contributed by atoms with Crippen molar-refractivity contribution in [3.8, 4) is 0 Å². The van der Waals surface area contributed by atoms with E-state index in [2.05, 4.69) is 26.1 Å². The Morgan fingerprint density at radius 2 is 2.00 bits per heavy atom. The normalized spacial score (nSPS) is 21.1. The van der Waals surface area contributed by atoms with Gasteiger partial charge in [-0.2, -0.15) is 0 Å². The van der Waals surface area contributed by atoms with Crippen molar-refractivity contribution in [2.45, 2.75) is 39.3 Å². The van der Waals surface area contributed by atoms with Crippen molar-refractivity contribution in [2.75, 3.05) is 4.90 Å². The lowest BCUT2D eigenvalue weighted by molar-refractivity contribution is -0.115. The number of carbonyl (C=O) groups excluding carboxylic acids is 1. The van der Waals surface area contributed by atoms with Crippen LogP contribution in [0.3, 0.4) is 0 Å². The molecule has 1 aromatic heterocycles. The molecule has 0 saturated carbocycles. The molecule has 1 N–H and O–H groups in total. The summed E-state index contributed by atoms with van der Waals surface area (Å²) in [6.45, 7) is 7.75. The Morgan fingerprint density at radius 3 is 2.39 bits per heavy atom. The second kappa shape index (κ2) is 4.40. The maximum Gasteiger partial charge on any atom is 0.259 e. The predicted octanol–water partition coefficient (Wildman–Crippen LogP) is 2.17. The first-order chi connectivity index (χ1) is 8.23. The van der Waals surface area contributed by atoms with E-state index in [1.54, 1.807) is 6.92 Å². The van der Waals surface area contributed by atoms with Crippen LogP contribution in [0.4, 0.5) is 5.13 Å². The van der Waals surface area contributed by atoms with Crippen LogP contribution in [0, 0.1) is 0 Å². The van der Waals surface area contributed by atoms with Gasteiger partial charge in [0.25, 0.3) is 5.91 Å². The predicted molar refractivity (Wildman–Crippen MR) is 73.7 cm³/mol. The van der Waals surface area contributed by atoms with Crippen molar-refractivity contribution in [3.05, 3.63) is 15.1 Å². The van der Waals surface area contributed by atoms with E-state index >= 15 is 0 Å². The maximum absolute atomic E-state index is 12.0. The molecule has 98 valence electrons. The average molecular weight is 332 g/mol. The van der Waals surface area contributed by atoms with Crippen molar-refractivity contribution >= 4 is 38.3 Å². The molecule has 0 fully saturated rings. The summed E-state index contributed by atoms with van der Waals surface area (Å²) in [6.07, 6.45) is -1.00. The van der Waals surface area contributed by atoms with Gasteiger partial charge in [-0.15, -0.1) is 10.2 Å². The van der Waals surface area contributed by atoms with Crippen LogP contribution in [0.5, 0.6) is 0 Å². The Balaban J connectivity index is 2.35. The van der Waals surface area contributed by atoms with Crippen LogP contribution in [0.2, 0.25) is 0 Å². The van der Waals surface area contributed by atoms with Gasteiger partial charge < -0.3 is 5.11 Å². The summed E-state index contributed by atoms with van der Waals surface area (Å²) >= 11 is 4.54. The lowest BCUT2D eigenvalue weighted by Gasteiger charge is -2.17. The first-order valence-electron chi connectivity index (χ1n) is 5.45. The van der Waals surface area contributed by atoms with Gasteiger partial charge in [0.15, 0.2) is 6.23 Å². The largest absolute Gasteiger partial charge is 0.368 e. The topological polar surface area (TPSA) is 66.3 Å². The van der Waals surface area contributed by atoms with Crippen LogP contribution in [-0.2, 0) is 10.2 Å². The lowest BCUT2D eigenvalue weighted by atomic mass is 9.98. The number of aliphatic hydroxyl groups excluding tert-OH is 1. The van der Waals surface area contributed by atoms with Gasteiger partial charge >= 0.3 is 0 Å². The Bertz CT molecular complexity index is 533. The molecule has 2 rings (SSSR count). The van der Waals surface area contributed by atoms with E-state index in [0.29, 0.717) is 15.2 Å². The number of halogens is 1. The number of rotatable bonds is 1. The third-order valence-electron chi connectivity index (χ3n) is 2.63. The Kier molecular flexibility index (Phi) is 3.33. The second-order valence-electron chi connectivity index (χ2n) is 5.16. The zero-order valence-electron chi connectivity index (χ0n) is 10.6. The van der Waals surface area contributed by atoms with E-state index in [1.807, 2.05) is 20.8 Å². The number of aliphatic hydroxyl groups is 1. The molecular weight excluding hydrogens is 318 g/mol.